The lowest BCUT2D eigenvalue weighted by Crippen LogP contribution is -2.50. The monoisotopic (exact) mass is 417 g/mol. The van der Waals surface area contributed by atoms with Gasteiger partial charge in [0.1, 0.15) is 11.9 Å². The number of carbonyl (C=O) groups is 2. The summed E-state index contributed by atoms with van der Waals surface area (Å²) in [6, 6.07) is 20.7. The van der Waals surface area contributed by atoms with E-state index in [0.717, 1.165) is 29.4 Å². The number of fused-ring (bicyclic) bond motifs is 1. The second kappa shape index (κ2) is 9.18. The highest BCUT2D eigenvalue weighted by Crippen LogP contribution is 2.27. The smallest absolute Gasteiger partial charge is 0.251 e. The summed E-state index contributed by atoms with van der Waals surface area (Å²) in [5.41, 5.74) is 1.43. The van der Waals surface area contributed by atoms with Crippen molar-refractivity contribution in [1.82, 2.24) is 15.5 Å². The van der Waals surface area contributed by atoms with Crippen LogP contribution in [0.5, 0.6) is 5.75 Å². The molecule has 160 valence electrons. The number of carbonyl (C=O) groups excluding carboxylic acids is 2. The molecule has 1 fully saturated rings. The van der Waals surface area contributed by atoms with E-state index >= 15 is 0 Å². The van der Waals surface area contributed by atoms with Crippen molar-refractivity contribution in [2.45, 2.75) is 18.6 Å². The fourth-order valence-electron chi connectivity index (χ4n) is 3.64. The molecule has 6 nitrogen and oxygen atoms in total. The summed E-state index contributed by atoms with van der Waals surface area (Å²) in [5.74, 6) is 0.389. The largest absolute Gasteiger partial charge is 0.488 e. The van der Waals surface area contributed by atoms with Gasteiger partial charge in [0.05, 0.1) is 12.5 Å². The SMILES string of the molecule is CN(C)C(=O)C[C@@H](NC(=O)c1cccc(OC2CNC2)c1)c1cccc2ccccc12. The maximum atomic E-state index is 13.1. The molecular formula is C25H27N3O3. The molecule has 1 aliphatic rings. The van der Waals surface area contributed by atoms with E-state index in [2.05, 4.69) is 10.6 Å². The van der Waals surface area contributed by atoms with Gasteiger partial charge in [-0.2, -0.15) is 0 Å². The van der Waals surface area contributed by atoms with Gasteiger partial charge >= 0.3 is 0 Å². The van der Waals surface area contributed by atoms with Crippen LogP contribution in [0, 0.1) is 0 Å². The van der Waals surface area contributed by atoms with Gasteiger partial charge in [-0.15, -0.1) is 0 Å². The maximum Gasteiger partial charge on any atom is 0.251 e. The van der Waals surface area contributed by atoms with E-state index in [1.54, 1.807) is 31.1 Å². The molecule has 0 aromatic heterocycles. The minimum absolute atomic E-state index is 0.0483. The van der Waals surface area contributed by atoms with Crippen LogP contribution < -0.4 is 15.4 Å². The topological polar surface area (TPSA) is 70.7 Å². The third-order valence-electron chi connectivity index (χ3n) is 5.52. The van der Waals surface area contributed by atoms with E-state index in [4.69, 9.17) is 4.74 Å². The minimum atomic E-state index is -0.450. The molecule has 3 aromatic carbocycles. The molecule has 1 heterocycles. The van der Waals surface area contributed by atoms with Crippen molar-refractivity contribution in [2.24, 2.45) is 0 Å². The first-order valence-electron chi connectivity index (χ1n) is 10.5. The molecule has 1 aliphatic heterocycles. The van der Waals surface area contributed by atoms with Crippen LogP contribution in [-0.4, -0.2) is 50.0 Å². The van der Waals surface area contributed by atoms with Crippen LogP contribution in [0.3, 0.4) is 0 Å². The zero-order valence-electron chi connectivity index (χ0n) is 17.8. The minimum Gasteiger partial charge on any atom is -0.488 e. The Hall–Kier alpha value is -3.38. The third-order valence-corrected chi connectivity index (χ3v) is 5.52. The molecule has 3 aromatic rings. The van der Waals surface area contributed by atoms with E-state index in [9.17, 15) is 9.59 Å². The fraction of sp³-hybridized carbons (Fsp3) is 0.280. The highest BCUT2D eigenvalue weighted by atomic mass is 16.5. The Kier molecular flexibility index (Phi) is 6.18. The Morgan fingerprint density at radius 1 is 1.06 bits per heavy atom. The lowest BCUT2D eigenvalue weighted by atomic mass is 9.96. The fourth-order valence-corrected chi connectivity index (χ4v) is 3.64. The molecule has 0 spiro atoms. The maximum absolute atomic E-state index is 13.1. The van der Waals surface area contributed by atoms with E-state index < -0.39 is 6.04 Å². The van der Waals surface area contributed by atoms with Gasteiger partial charge in [-0.3, -0.25) is 9.59 Å². The highest BCUT2D eigenvalue weighted by Gasteiger charge is 2.23. The Balaban J connectivity index is 1.60. The lowest BCUT2D eigenvalue weighted by Gasteiger charge is -2.28. The van der Waals surface area contributed by atoms with Gasteiger partial charge in [0.2, 0.25) is 5.91 Å². The van der Waals surface area contributed by atoms with E-state index in [1.807, 2.05) is 54.6 Å². The highest BCUT2D eigenvalue weighted by molar-refractivity contribution is 5.96. The summed E-state index contributed by atoms with van der Waals surface area (Å²) >= 11 is 0. The zero-order chi connectivity index (χ0) is 21.8. The first kappa shape index (κ1) is 20.9. The van der Waals surface area contributed by atoms with Gasteiger partial charge in [-0.25, -0.2) is 0 Å². The summed E-state index contributed by atoms with van der Waals surface area (Å²) < 4.78 is 5.88. The molecule has 1 atom stereocenters. The molecule has 31 heavy (non-hydrogen) atoms. The summed E-state index contributed by atoms with van der Waals surface area (Å²) in [7, 11) is 3.45. The van der Waals surface area contributed by atoms with Crippen LogP contribution in [-0.2, 0) is 4.79 Å². The van der Waals surface area contributed by atoms with E-state index in [0.29, 0.717) is 11.3 Å². The predicted molar refractivity (Wildman–Crippen MR) is 121 cm³/mol. The van der Waals surface area contributed by atoms with Crippen molar-refractivity contribution in [2.75, 3.05) is 27.2 Å². The Labute approximate surface area is 182 Å². The molecule has 2 amide bonds. The Bertz CT molecular complexity index is 1090. The van der Waals surface area contributed by atoms with Crippen molar-refractivity contribution in [3.05, 3.63) is 77.9 Å². The molecule has 0 aliphatic carbocycles. The average Bonchev–Trinajstić information content (AvgIpc) is 2.75. The van der Waals surface area contributed by atoms with Gasteiger partial charge in [0.25, 0.3) is 5.91 Å². The van der Waals surface area contributed by atoms with Gasteiger partial charge in [-0.05, 0) is 34.5 Å². The first-order valence-corrected chi connectivity index (χ1v) is 10.5. The molecule has 0 saturated carbocycles. The summed E-state index contributed by atoms with van der Waals surface area (Å²) in [4.78, 5) is 27.2. The van der Waals surface area contributed by atoms with Gasteiger partial charge in [-0.1, -0.05) is 48.5 Å². The zero-order valence-corrected chi connectivity index (χ0v) is 17.8. The quantitative estimate of drug-likeness (QED) is 0.620. The van der Waals surface area contributed by atoms with Gasteiger partial charge in [0.15, 0.2) is 0 Å². The number of nitrogens with zero attached hydrogens (tertiary/aromatic N) is 1. The molecule has 4 rings (SSSR count). The third kappa shape index (κ3) is 4.86. The number of hydrogen-bond donors (Lipinski definition) is 2. The summed E-state index contributed by atoms with van der Waals surface area (Å²) in [6.45, 7) is 1.62. The number of benzene rings is 3. The van der Waals surface area contributed by atoms with Gasteiger partial charge in [0, 0.05) is 32.7 Å². The van der Waals surface area contributed by atoms with E-state index in [-0.39, 0.29) is 24.3 Å². The van der Waals surface area contributed by atoms with E-state index in [1.165, 1.54) is 0 Å². The van der Waals surface area contributed by atoms with Crippen molar-refractivity contribution < 1.29 is 14.3 Å². The van der Waals surface area contributed by atoms with Gasteiger partial charge < -0.3 is 20.3 Å². The molecule has 2 N–H and O–H groups in total. The number of rotatable bonds is 7. The number of ether oxygens (including phenoxy) is 1. The number of nitrogens with one attached hydrogen (secondary N) is 2. The van der Waals surface area contributed by atoms with Crippen LogP contribution >= 0.6 is 0 Å². The molecule has 0 radical (unpaired) electrons. The number of amides is 2. The predicted octanol–water partition coefficient (Wildman–Crippen LogP) is 3.14. The van der Waals surface area contributed by atoms with Crippen LogP contribution in [0.15, 0.2) is 66.7 Å². The molecule has 1 saturated heterocycles. The second-order valence-corrected chi connectivity index (χ2v) is 8.01. The Morgan fingerprint density at radius 3 is 2.55 bits per heavy atom. The normalized spacial score (nSPS) is 14.5. The average molecular weight is 418 g/mol. The standard InChI is InChI=1S/C25H27N3O3/c1-28(2)24(29)14-23(22-12-6-8-17-7-3-4-11-21(17)22)27-25(30)18-9-5-10-19(13-18)31-20-15-26-16-20/h3-13,20,23,26H,14-16H2,1-2H3,(H,27,30)/t23-/m1/s1. The summed E-state index contributed by atoms with van der Waals surface area (Å²) in [6.07, 6.45) is 0.316. The lowest BCUT2D eigenvalue weighted by molar-refractivity contribution is -0.129. The van der Waals surface area contributed by atoms with Crippen molar-refractivity contribution in [3.8, 4) is 5.75 Å². The van der Waals surface area contributed by atoms with Crippen LogP contribution in [0.4, 0.5) is 0 Å². The molecule has 6 heteroatoms. The molecule has 0 unspecified atom stereocenters. The molecular weight excluding hydrogens is 390 g/mol. The first-order chi connectivity index (χ1) is 15.0. The second-order valence-electron chi connectivity index (χ2n) is 8.01. The van der Waals surface area contributed by atoms with Crippen molar-refractivity contribution in [3.63, 3.8) is 0 Å². The Morgan fingerprint density at radius 2 is 1.81 bits per heavy atom. The number of hydrogen-bond acceptors (Lipinski definition) is 4. The summed E-state index contributed by atoms with van der Waals surface area (Å²) in [5, 5.41) is 8.34. The van der Waals surface area contributed by atoms with Crippen LogP contribution in [0.1, 0.15) is 28.4 Å². The van der Waals surface area contributed by atoms with Crippen LogP contribution in [0.2, 0.25) is 0 Å². The van der Waals surface area contributed by atoms with Crippen molar-refractivity contribution in [1.29, 1.82) is 0 Å². The molecule has 0 bridgehead atoms. The van der Waals surface area contributed by atoms with Crippen LogP contribution in [0.25, 0.3) is 10.8 Å². The van der Waals surface area contributed by atoms with Crippen molar-refractivity contribution >= 4 is 22.6 Å².